The SMILES string of the molecule is COC(=O)[C@@H]1CC(Sc2sc(C)c(C)n3c(=O)nc(NS(=O)(=O)c4ccc(C)cc4)c2-3)CN1C(=O)OC(C)(C)C. The number of methoxy groups -OCH3 is 1. The van der Waals surface area contributed by atoms with Gasteiger partial charge in [-0.15, -0.1) is 23.1 Å². The van der Waals surface area contributed by atoms with Gasteiger partial charge in [-0.2, -0.15) is 4.98 Å². The van der Waals surface area contributed by atoms with Crippen LogP contribution in [0.25, 0.3) is 5.69 Å². The lowest BCUT2D eigenvalue weighted by molar-refractivity contribution is -0.145. The fourth-order valence-corrected chi connectivity index (χ4v) is 8.19. The van der Waals surface area contributed by atoms with Gasteiger partial charge in [0.25, 0.3) is 10.0 Å². The van der Waals surface area contributed by atoms with Crippen molar-refractivity contribution in [2.24, 2.45) is 0 Å². The number of thioether (sulfide) groups is 1. The number of aryl methyl sites for hydroxylation is 2. The van der Waals surface area contributed by atoms with E-state index in [1.54, 1.807) is 39.8 Å². The lowest BCUT2D eigenvalue weighted by atomic mass is 10.2. The van der Waals surface area contributed by atoms with Crippen LogP contribution in [0.1, 0.15) is 43.3 Å². The summed E-state index contributed by atoms with van der Waals surface area (Å²) in [7, 11) is -2.77. The number of hydrogen-bond donors (Lipinski definition) is 1. The summed E-state index contributed by atoms with van der Waals surface area (Å²) in [5, 5.41) is -0.273. The van der Waals surface area contributed by atoms with Crippen molar-refractivity contribution in [3.05, 3.63) is 50.9 Å². The van der Waals surface area contributed by atoms with Gasteiger partial charge in [0.15, 0.2) is 5.82 Å². The number of nitrogens with one attached hydrogen (secondary N) is 1. The number of rotatable bonds is 6. The molecule has 3 aliphatic heterocycles. The lowest BCUT2D eigenvalue weighted by Crippen LogP contribution is -2.43. The third kappa shape index (κ3) is 6.13. The number of amides is 1. The second kappa shape index (κ2) is 11.1. The van der Waals surface area contributed by atoms with Gasteiger partial charge in [-0.3, -0.25) is 14.2 Å². The first-order chi connectivity index (χ1) is 18.6. The maximum atomic E-state index is 13.2. The average Bonchev–Trinajstić information content (AvgIpc) is 3.42. The van der Waals surface area contributed by atoms with Crippen molar-refractivity contribution in [2.45, 2.75) is 74.0 Å². The summed E-state index contributed by atoms with van der Waals surface area (Å²) in [4.78, 5) is 44.7. The molecule has 0 bridgehead atoms. The highest BCUT2D eigenvalue weighted by Gasteiger charge is 2.43. The number of imidazole rings is 1. The maximum Gasteiger partial charge on any atom is 0.411 e. The molecule has 1 aromatic carbocycles. The van der Waals surface area contributed by atoms with Gasteiger partial charge in [0.05, 0.1) is 16.2 Å². The van der Waals surface area contributed by atoms with E-state index in [0.717, 1.165) is 10.4 Å². The Hall–Kier alpha value is -3.10. The molecule has 2 atom stereocenters. The van der Waals surface area contributed by atoms with Crippen LogP contribution in [-0.4, -0.2) is 65.5 Å². The first kappa shape index (κ1) is 29.9. The molecule has 0 spiro atoms. The van der Waals surface area contributed by atoms with Crippen LogP contribution in [0, 0.1) is 20.8 Å². The molecule has 40 heavy (non-hydrogen) atoms. The minimum absolute atomic E-state index is 0.0399. The molecule has 0 saturated carbocycles. The van der Waals surface area contributed by atoms with Gasteiger partial charge in [-0.05, 0) is 60.1 Å². The monoisotopic (exact) mass is 608 g/mol. The van der Waals surface area contributed by atoms with Crippen molar-refractivity contribution in [1.29, 1.82) is 0 Å². The number of nitrogens with zero attached hydrogens (tertiary/aromatic N) is 3. The smallest absolute Gasteiger partial charge is 0.411 e. The van der Waals surface area contributed by atoms with E-state index in [1.165, 1.54) is 51.8 Å². The number of anilines is 1. The molecule has 3 aliphatic rings. The highest BCUT2D eigenvalue weighted by atomic mass is 32.2. The number of carbonyl (C=O) groups excluding carboxylic acids is 2. The number of aromatic nitrogens is 2. The van der Waals surface area contributed by atoms with Crippen LogP contribution in [0.4, 0.5) is 10.6 Å². The third-order valence-electron chi connectivity index (χ3n) is 6.33. The molecule has 0 aliphatic carbocycles. The van der Waals surface area contributed by atoms with Crippen LogP contribution in [0.3, 0.4) is 0 Å². The highest BCUT2D eigenvalue weighted by Crippen LogP contribution is 2.43. The molecule has 1 saturated heterocycles. The van der Waals surface area contributed by atoms with E-state index in [4.69, 9.17) is 9.47 Å². The second-order valence-corrected chi connectivity index (χ2v) is 15.0. The summed E-state index contributed by atoms with van der Waals surface area (Å²) >= 11 is 2.74. The summed E-state index contributed by atoms with van der Waals surface area (Å²) in [5.41, 5.74) is 0.501. The summed E-state index contributed by atoms with van der Waals surface area (Å²) < 4.78 is 41.3. The lowest BCUT2D eigenvalue weighted by Gasteiger charge is -2.27. The molecule has 14 heteroatoms. The fraction of sp³-hybridized carbons (Fsp3) is 0.462. The van der Waals surface area contributed by atoms with Crippen LogP contribution in [0.2, 0.25) is 0 Å². The Labute approximate surface area is 241 Å². The fourth-order valence-electron chi connectivity index (χ4n) is 4.29. The zero-order valence-corrected chi connectivity index (χ0v) is 25.8. The standard InChI is InChI=1S/C26H32N4O7S3/c1-14-8-10-18(11-9-14)40(34,35)28-21-20-23(38-16(3)15(2)30(20)24(32)27-21)39-17-12-19(22(31)36-7)29(13-17)25(33)37-26(4,5)6/h8-11,17,19H,12-13H2,1-7H3,(H,27,28,32)/t17?,19-/m0/s1. The Morgan fingerprint density at radius 3 is 2.40 bits per heavy atom. The average molecular weight is 609 g/mol. The van der Waals surface area contributed by atoms with Crippen LogP contribution in [0.5, 0.6) is 0 Å². The quantitative estimate of drug-likeness (QED) is 0.410. The third-order valence-corrected chi connectivity index (χ3v) is 10.3. The van der Waals surface area contributed by atoms with Gasteiger partial charge in [0.1, 0.15) is 17.3 Å². The van der Waals surface area contributed by atoms with Crippen molar-refractivity contribution in [3.8, 4) is 5.69 Å². The first-order valence-electron chi connectivity index (χ1n) is 12.5. The Bertz CT molecular complexity index is 1570. The molecule has 1 N–H and O–H groups in total. The number of ether oxygens (including phenoxy) is 2. The topological polar surface area (TPSA) is 137 Å². The van der Waals surface area contributed by atoms with E-state index in [-0.39, 0.29) is 28.9 Å². The summed E-state index contributed by atoms with van der Waals surface area (Å²) in [6.07, 6.45) is -0.344. The van der Waals surface area contributed by atoms with Gasteiger partial charge >= 0.3 is 17.8 Å². The van der Waals surface area contributed by atoms with Crippen LogP contribution in [-0.2, 0) is 24.3 Å². The number of fused-ring (bicyclic) bond motifs is 1. The Balaban J connectivity index is 1.71. The molecule has 1 amide bonds. The van der Waals surface area contributed by atoms with E-state index in [0.29, 0.717) is 15.6 Å². The van der Waals surface area contributed by atoms with E-state index >= 15 is 0 Å². The van der Waals surface area contributed by atoms with E-state index in [1.807, 2.05) is 13.8 Å². The highest BCUT2D eigenvalue weighted by molar-refractivity contribution is 8.01. The van der Waals surface area contributed by atoms with Gasteiger partial charge in [-0.25, -0.2) is 22.8 Å². The number of esters is 1. The van der Waals surface area contributed by atoms with Crippen molar-refractivity contribution < 1.29 is 27.5 Å². The predicted octanol–water partition coefficient (Wildman–Crippen LogP) is 4.10. The Morgan fingerprint density at radius 1 is 1.15 bits per heavy atom. The molecule has 0 radical (unpaired) electrons. The summed E-state index contributed by atoms with van der Waals surface area (Å²) in [5.74, 6) is -0.639. The van der Waals surface area contributed by atoms with Gasteiger partial charge in [0, 0.05) is 22.4 Å². The van der Waals surface area contributed by atoms with Crippen molar-refractivity contribution >= 4 is 51.0 Å². The molecule has 11 nitrogen and oxygen atoms in total. The predicted molar refractivity (Wildman–Crippen MR) is 153 cm³/mol. The molecule has 216 valence electrons. The molecule has 4 rings (SSSR count). The zero-order chi connectivity index (χ0) is 29.6. The van der Waals surface area contributed by atoms with Crippen molar-refractivity contribution in [3.63, 3.8) is 0 Å². The van der Waals surface area contributed by atoms with E-state index in [2.05, 4.69) is 9.71 Å². The van der Waals surface area contributed by atoms with Crippen molar-refractivity contribution in [1.82, 2.24) is 14.5 Å². The number of benzene rings is 1. The second-order valence-electron chi connectivity index (χ2n) is 10.5. The number of hydrogen-bond acceptors (Lipinski definition) is 10. The number of likely N-dealkylation sites (tertiary alicyclic amines) is 1. The molecule has 3 heterocycles. The Kier molecular flexibility index (Phi) is 8.25. The largest absolute Gasteiger partial charge is 0.467 e. The van der Waals surface area contributed by atoms with E-state index in [9.17, 15) is 22.8 Å². The Morgan fingerprint density at radius 2 is 1.80 bits per heavy atom. The summed E-state index contributed by atoms with van der Waals surface area (Å²) in [6, 6.07) is 5.50. The maximum absolute atomic E-state index is 13.2. The van der Waals surface area contributed by atoms with Gasteiger partial charge in [-0.1, -0.05) is 17.7 Å². The van der Waals surface area contributed by atoms with Gasteiger partial charge < -0.3 is 9.47 Å². The molecular formula is C26H32N4O7S3. The molecule has 1 unspecified atom stereocenters. The first-order valence-corrected chi connectivity index (χ1v) is 15.7. The number of sulfonamides is 1. The van der Waals surface area contributed by atoms with Crippen LogP contribution < -0.4 is 10.4 Å². The van der Waals surface area contributed by atoms with Crippen molar-refractivity contribution in [2.75, 3.05) is 18.4 Å². The van der Waals surface area contributed by atoms with Gasteiger partial charge in [0.2, 0.25) is 0 Å². The van der Waals surface area contributed by atoms with E-state index < -0.39 is 39.4 Å². The molecule has 0 aromatic heterocycles. The van der Waals surface area contributed by atoms with Crippen LogP contribution in [0.15, 0.2) is 38.2 Å². The minimum Gasteiger partial charge on any atom is -0.467 e. The molecule has 1 aromatic rings. The number of carbonyl (C=O) groups is 2. The normalized spacial score (nSPS) is 17.7. The zero-order valence-electron chi connectivity index (χ0n) is 23.3. The minimum atomic E-state index is -4.04. The van der Waals surface area contributed by atoms with Crippen LogP contribution >= 0.6 is 23.1 Å². The molecular weight excluding hydrogens is 577 g/mol. The summed E-state index contributed by atoms with van der Waals surface area (Å²) in [6.45, 7) is 10.9. The molecule has 1 fully saturated rings.